The Balaban J connectivity index is 1.59. The maximum Gasteiger partial charge on any atom is 0.160 e. The molecule has 0 radical (unpaired) electrons. The molecule has 3 aliphatic rings. The summed E-state index contributed by atoms with van der Waals surface area (Å²) in [5.41, 5.74) is 2.86. The predicted octanol–water partition coefficient (Wildman–Crippen LogP) is 4.87. The van der Waals surface area contributed by atoms with Crippen LogP contribution in [0.5, 0.6) is 0 Å². The summed E-state index contributed by atoms with van der Waals surface area (Å²) in [4.78, 5) is 2.57. The molecule has 0 amide bonds. The number of rotatable bonds is 4. The van der Waals surface area contributed by atoms with Gasteiger partial charge in [0.2, 0.25) is 0 Å². The maximum atomic E-state index is 5.84. The van der Waals surface area contributed by atoms with Crippen molar-refractivity contribution >= 4 is 0 Å². The van der Waals surface area contributed by atoms with Crippen LogP contribution < -0.4 is 0 Å². The van der Waals surface area contributed by atoms with Gasteiger partial charge in [-0.25, -0.2) is 0 Å². The Morgan fingerprint density at radius 1 is 1.12 bits per heavy atom. The number of likely N-dealkylation sites (tertiary alicyclic amines) is 1. The second kappa shape index (κ2) is 7.75. The van der Waals surface area contributed by atoms with Crippen molar-refractivity contribution in [2.45, 2.75) is 37.6 Å². The predicted molar refractivity (Wildman–Crippen MR) is 99.6 cm³/mol. The van der Waals surface area contributed by atoms with Crippen molar-refractivity contribution < 1.29 is 9.47 Å². The lowest BCUT2D eigenvalue weighted by Crippen LogP contribution is -2.44. The summed E-state index contributed by atoms with van der Waals surface area (Å²) >= 11 is 0. The van der Waals surface area contributed by atoms with Crippen LogP contribution in [-0.4, -0.2) is 24.0 Å². The van der Waals surface area contributed by atoms with Gasteiger partial charge in [-0.3, -0.25) is 4.90 Å². The average Bonchev–Trinajstić information content (AvgIpc) is 2.71. The number of hydrogen-bond acceptors (Lipinski definition) is 3. The van der Waals surface area contributed by atoms with Crippen LogP contribution in [0, 0.1) is 0 Å². The lowest BCUT2D eigenvalue weighted by Gasteiger charge is -2.40. The Morgan fingerprint density at radius 3 is 2.80 bits per heavy atom. The van der Waals surface area contributed by atoms with Crippen molar-refractivity contribution in [1.82, 2.24) is 4.90 Å². The third-order valence-electron chi connectivity index (χ3n) is 5.28. The fraction of sp³-hybridized carbons (Fsp3) is 0.364. The molecule has 1 aromatic carbocycles. The van der Waals surface area contributed by atoms with Crippen molar-refractivity contribution in [3.8, 4) is 0 Å². The first-order chi connectivity index (χ1) is 12.4. The van der Waals surface area contributed by atoms with Gasteiger partial charge in [0, 0.05) is 6.54 Å². The molecule has 3 nitrogen and oxygen atoms in total. The summed E-state index contributed by atoms with van der Waals surface area (Å²) < 4.78 is 11.3. The first-order valence-corrected chi connectivity index (χ1v) is 9.23. The van der Waals surface area contributed by atoms with Crippen LogP contribution in [0.15, 0.2) is 78.7 Å². The first-order valence-electron chi connectivity index (χ1n) is 9.23. The zero-order valence-corrected chi connectivity index (χ0v) is 14.5. The Hall–Kier alpha value is -2.26. The van der Waals surface area contributed by atoms with Crippen LogP contribution in [-0.2, 0) is 9.47 Å². The quantitative estimate of drug-likeness (QED) is 0.783. The molecule has 2 aliphatic heterocycles. The third kappa shape index (κ3) is 3.72. The number of allylic oxidation sites excluding steroid dienone is 3. The van der Waals surface area contributed by atoms with E-state index in [1.54, 1.807) is 18.8 Å². The smallest absolute Gasteiger partial charge is 0.160 e. The molecule has 0 saturated carbocycles. The minimum absolute atomic E-state index is 0.168. The maximum absolute atomic E-state index is 5.84. The molecule has 2 unspecified atom stereocenters. The molecule has 0 aromatic heterocycles. The van der Waals surface area contributed by atoms with Gasteiger partial charge in [0.25, 0.3) is 0 Å². The van der Waals surface area contributed by atoms with Gasteiger partial charge < -0.3 is 9.47 Å². The minimum atomic E-state index is 0.168. The van der Waals surface area contributed by atoms with Gasteiger partial charge in [-0.15, -0.1) is 0 Å². The van der Waals surface area contributed by atoms with E-state index in [1.165, 1.54) is 24.0 Å². The standard InChI is InChI=1S/C22H25NO2/c1-3-8-18(9-4-1)20-12-7-13-23(16-20)22(19-10-5-2-6-11-19)21-17-24-14-15-25-21/h1-5,8-10,14-15,17,20,22H,6-7,11-13,16H2. The monoisotopic (exact) mass is 335 g/mol. The van der Waals surface area contributed by atoms with E-state index in [4.69, 9.17) is 9.47 Å². The number of ether oxygens (including phenoxy) is 2. The second-order valence-corrected chi connectivity index (χ2v) is 6.90. The fourth-order valence-corrected chi connectivity index (χ4v) is 4.09. The Labute approximate surface area is 149 Å². The molecule has 1 saturated heterocycles. The molecular weight excluding hydrogens is 310 g/mol. The van der Waals surface area contributed by atoms with E-state index in [2.05, 4.69) is 53.5 Å². The fourth-order valence-electron chi connectivity index (χ4n) is 4.09. The molecule has 2 atom stereocenters. The molecule has 1 fully saturated rings. The van der Waals surface area contributed by atoms with E-state index >= 15 is 0 Å². The van der Waals surface area contributed by atoms with E-state index < -0.39 is 0 Å². The molecule has 1 aromatic rings. The van der Waals surface area contributed by atoms with E-state index in [0.29, 0.717) is 5.92 Å². The molecule has 0 bridgehead atoms. The summed E-state index contributed by atoms with van der Waals surface area (Å²) in [6.45, 7) is 2.15. The summed E-state index contributed by atoms with van der Waals surface area (Å²) in [6.07, 6.45) is 16.3. The Kier molecular flexibility index (Phi) is 5.03. The van der Waals surface area contributed by atoms with Crippen molar-refractivity contribution in [2.75, 3.05) is 13.1 Å². The highest BCUT2D eigenvalue weighted by Gasteiger charge is 2.32. The van der Waals surface area contributed by atoms with Gasteiger partial charge in [0.1, 0.15) is 18.8 Å². The van der Waals surface area contributed by atoms with Crippen LogP contribution in [0.3, 0.4) is 0 Å². The van der Waals surface area contributed by atoms with Gasteiger partial charge >= 0.3 is 0 Å². The van der Waals surface area contributed by atoms with Crippen LogP contribution in [0.4, 0.5) is 0 Å². The van der Waals surface area contributed by atoms with Gasteiger partial charge in [0.05, 0.1) is 6.04 Å². The summed E-state index contributed by atoms with van der Waals surface area (Å²) in [5.74, 6) is 1.48. The highest BCUT2D eigenvalue weighted by molar-refractivity contribution is 5.30. The number of benzene rings is 1. The lowest BCUT2D eigenvalue weighted by molar-refractivity contribution is 0.131. The third-order valence-corrected chi connectivity index (χ3v) is 5.28. The molecule has 0 spiro atoms. The van der Waals surface area contributed by atoms with Crippen LogP contribution in [0.2, 0.25) is 0 Å². The molecule has 130 valence electrons. The minimum Gasteiger partial charge on any atom is -0.466 e. The largest absolute Gasteiger partial charge is 0.466 e. The SMILES string of the molecule is C1=CCCC(C(C2=COC=CO2)N2CCCC(c3ccccc3)C2)=C1. The summed E-state index contributed by atoms with van der Waals surface area (Å²) in [7, 11) is 0. The number of nitrogens with zero attached hydrogens (tertiary/aromatic N) is 1. The highest BCUT2D eigenvalue weighted by Crippen LogP contribution is 2.34. The van der Waals surface area contributed by atoms with Crippen molar-refractivity contribution in [1.29, 1.82) is 0 Å². The van der Waals surface area contributed by atoms with Gasteiger partial charge in [-0.1, -0.05) is 48.6 Å². The molecule has 2 heterocycles. The molecule has 3 heteroatoms. The first kappa shape index (κ1) is 16.2. The normalized spacial score (nSPS) is 24.7. The van der Waals surface area contributed by atoms with E-state index in [9.17, 15) is 0 Å². The Bertz CT molecular complexity index is 702. The van der Waals surface area contributed by atoms with E-state index in [1.807, 2.05) is 0 Å². The van der Waals surface area contributed by atoms with Crippen LogP contribution >= 0.6 is 0 Å². The van der Waals surface area contributed by atoms with Crippen LogP contribution in [0.25, 0.3) is 0 Å². The van der Waals surface area contributed by atoms with E-state index in [0.717, 1.165) is 31.7 Å². The van der Waals surface area contributed by atoms with Gasteiger partial charge in [-0.05, 0) is 49.3 Å². The molecule has 25 heavy (non-hydrogen) atoms. The number of piperidine rings is 1. The van der Waals surface area contributed by atoms with Crippen LogP contribution in [0.1, 0.15) is 37.2 Å². The van der Waals surface area contributed by atoms with Crippen molar-refractivity contribution in [3.05, 3.63) is 84.2 Å². The zero-order chi connectivity index (χ0) is 16.9. The van der Waals surface area contributed by atoms with Gasteiger partial charge in [-0.2, -0.15) is 0 Å². The topological polar surface area (TPSA) is 21.7 Å². The van der Waals surface area contributed by atoms with Gasteiger partial charge in [0.15, 0.2) is 5.76 Å². The molecule has 1 aliphatic carbocycles. The molecule has 4 rings (SSSR count). The average molecular weight is 335 g/mol. The summed E-state index contributed by atoms with van der Waals surface area (Å²) in [5, 5.41) is 0. The Morgan fingerprint density at radius 2 is 2.04 bits per heavy atom. The highest BCUT2D eigenvalue weighted by atomic mass is 16.5. The van der Waals surface area contributed by atoms with Crippen molar-refractivity contribution in [2.24, 2.45) is 0 Å². The lowest BCUT2D eigenvalue weighted by atomic mass is 9.87. The van der Waals surface area contributed by atoms with E-state index in [-0.39, 0.29) is 6.04 Å². The number of hydrogen-bond donors (Lipinski definition) is 0. The zero-order valence-electron chi connectivity index (χ0n) is 14.5. The summed E-state index contributed by atoms with van der Waals surface area (Å²) in [6, 6.07) is 11.1. The molecule has 0 N–H and O–H groups in total. The van der Waals surface area contributed by atoms with Crippen molar-refractivity contribution in [3.63, 3.8) is 0 Å². The molecular formula is C22H25NO2. The second-order valence-electron chi connectivity index (χ2n) is 6.90.